The molecule has 168 valence electrons. The third-order valence-corrected chi connectivity index (χ3v) is 6.59. The van der Waals surface area contributed by atoms with Crippen LogP contribution in [0.5, 0.6) is 0 Å². The van der Waals surface area contributed by atoms with Gasteiger partial charge in [0.05, 0.1) is 11.3 Å². The van der Waals surface area contributed by atoms with Crippen LogP contribution < -0.4 is 16.4 Å². The third kappa shape index (κ3) is 4.22. The number of nitrogens with two attached hydrogens (primary N) is 1. The molecule has 10 nitrogen and oxygen atoms in total. The maximum absolute atomic E-state index is 11.0. The molecular formula is C22H28N8O2. The SMILES string of the molecule is N[C@H]1CC[C@H](Nc2nc(Nc3ccc([N+](=O)[O-])cc3)c3ncn(C4CCCC4)c3n2)CC1. The number of non-ortho nitro benzene ring substituents is 1. The predicted octanol–water partition coefficient (Wildman–Crippen LogP) is 4.28. The molecule has 2 aliphatic rings. The average Bonchev–Trinajstić information content (AvgIpc) is 3.46. The first-order valence-corrected chi connectivity index (χ1v) is 11.3. The largest absolute Gasteiger partial charge is 0.351 e. The highest BCUT2D eigenvalue weighted by molar-refractivity contribution is 5.86. The van der Waals surface area contributed by atoms with Gasteiger partial charge in [-0.15, -0.1) is 0 Å². The predicted molar refractivity (Wildman–Crippen MR) is 123 cm³/mol. The number of anilines is 3. The summed E-state index contributed by atoms with van der Waals surface area (Å²) in [5, 5.41) is 17.8. The molecule has 2 aliphatic carbocycles. The highest BCUT2D eigenvalue weighted by Gasteiger charge is 2.24. The molecule has 0 bridgehead atoms. The van der Waals surface area contributed by atoms with Gasteiger partial charge in [0.2, 0.25) is 5.95 Å². The number of hydrogen-bond donors (Lipinski definition) is 3. The first-order valence-electron chi connectivity index (χ1n) is 11.3. The van der Waals surface area contributed by atoms with Crippen LogP contribution in [0.1, 0.15) is 57.4 Å². The van der Waals surface area contributed by atoms with E-state index in [0.717, 1.165) is 44.2 Å². The standard InChI is InChI=1S/C22H28N8O2/c23-14-5-7-16(8-6-14)26-22-27-20(25-15-9-11-18(12-10-15)30(31)32)19-21(28-22)29(13-24-19)17-3-1-2-4-17/h9-14,16-17H,1-8,23H2,(H2,25,26,27,28)/t14-,16-. The van der Waals surface area contributed by atoms with Gasteiger partial charge in [-0.1, -0.05) is 12.8 Å². The molecule has 3 aromatic rings. The molecule has 0 radical (unpaired) electrons. The number of nitrogens with zero attached hydrogens (tertiary/aromatic N) is 5. The Morgan fingerprint density at radius 2 is 1.75 bits per heavy atom. The van der Waals surface area contributed by atoms with Crippen molar-refractivity contribution in [2.75, 3.05) is 10.6 Å². The van der Waals surface area contributed by atoms with Crippen LogP contribution >= 0.6 is 0 Å². The van der Waals surface area contributed by atoms with Gasteiger partial charge in [0.1, 0.15) is 0 Å². The quantitative estimate of drug-likeness (QED) is 0.385. The molecule has 0 spiro atoms. The number of imidazole rings is 1. The van der Waals surface area contributed by atoms with Crippen molar-refractivity contribution >= 4 is 34.3 Å². The van der Waals surface area contributed by atoms with Crippen LogP contribution in [0.4, 0.5) is 23.1 Å². The number of nitro benzene ring substituents is 1. The fourth-order valence-electron chi connectivity index (χ4n) is 4.77. The molecule has 0 amide bonds. The normalized spacial score (nSPS) is 21.7. The number of benzene rings is 1. The molecule has 10 heteroatoms. The summed E-state index contributed by atoms with van der Waals surface area (Å²) >= 11 is 0. The first-order chi connectivity index (χ1) is 15.6. The topological polar surface area (TPSA) is 137 Å². The number of fused-ring (bicyclic) bond motifs is 1. The van der Waals surface area contributed by atoms with Gasteiger partial charge >= 0.3 is 0 Å². The van der Waals surface area contributed by atoms with Crippen molar-refractivity contribution in [2.45, 2.75) is 69.5 Å². The van der Waals surface area contributed by atoms with Crippen LogP contribution in [0, 0.1) is 10.1 Å². The van der Waals surface area contributed by atoms with Crippen molar-refractivity contribution < 1.29 is 4.92 Å². The molecule has 4 N–H and O–H groups in total. The van der Waals surface area contributed by atoms with E-state index in [-0.39, 0.29) is 11.7 Å². The lowest BCUT2D eigenvalue weighted by Gasteiger charge is -2.27. The summed E-state index contributed by atoms with van der Waals surface area (Å²) in [5.41, 5.74) is 8.33. The second-order valence-electron chi connectivity index (χ2n) is 8.84. The maximum atomic E-state index is 11.0. The van der Waals surface area contributed by atoms with Gasteiger partial charge in [0.25, 0.3) is 5.69 Å². The smallest absolute Gasteiger partial charge is 0.269 e. The fraction of sp³-hybridized carbons (Fsp3) is 0.500. The Labute approximate surface area is 185 Å². The Morgan fingerprint density at radius 1 is 1.03 bits per heavy atom. The van der Waals surface area contributed by atoms with Crippen LogP contribution in [-0.2, 0) is 0 Å². The lowest BCUT2D eigenvalue weighted by atomic mass is 9.92. The van der Waals surface area contributed by atoms with Crippen molar-refractivity contribution in [2.24, 2.45) is 5.73 Å². The number of nitrogens with one attached hydrogen (secondary N) is 2. The van der Waals surface area contributed by atoms with E-state index in [0.29, 0.717) is 35.1 Å². The summed E-state index contributed by atoms with van der Waals surface area (Å²) in [5.74, 6) is 1.16. The van der Waals surface area contributed by atoms with E-state index in [1.165, 1.54) is 25.0 Å². The van der Waals surface area contributed by atoms with E-state index in [4.69, 9.17) is 15.7 Å². The zero-order chi connectivity index (χ0) is 22.1. The van der Waals surface area contributed by atoms with Gasteiger partial charge in [-0.25, -0.2) is 4.98 Å². The molecule has 0 saturated heterocycles. The Morgan fingerprint density at radius 3 is 2.44 bits per heavy atom. The van der Waals surface area contributed by atoms with Crippen LogP contribution in [0.3, 0.4) is 0 Å². The number of hydrogen-bond acceptors (Lipinski definition) is 8. The molecule has 0 atom stereocenters. The van der Waals surface area contributed by atoms with Crippen molar-refractivity contribution in [1.82, 2.24) is 19.5 Å². The van der Waals surface area contributed by atoms with Gasteiger partial charge in [-0.3, -0.25) is 10.1 Å². The average molecular weight is 437 g/mol. The van der Waals surface area contributed by atoms with Gasteiger partial charge in [-0.05, 0) is 50.7 Å². The van der Waals surface area contributed by atoms with E-state index in [9.17, 15) is 10.1 Å². The van der Waals surface area contributed by atoms with Crippen LogP contribution in [0.2, 0.25) is 0 Å². The minimum absolute atomic E-state index is 0.0479. The number of aromatic nitrogens is 4. The monoisotopic (exact) mass is 436 g/mol. The van der Waals surface area contributed by atoms with Gasteiger partial charge in [0.15, 0.2) is 17.0 Å². The molecule has 5 rings (SSSR count). The van der Waals surface area contributed by atoms with Gasteiger partial charge in [0, 0.05) is 35.9 Å². The van der Waals surface area contributed by atoms with E-state index in [1.54, 1.807) is 12.1 Å². The summed E-state index contributed by atoms with van der Waals surface area (Å²) in [7, 11) is 0. The van der Waals surface area contributed by atoms with Gasteiger partial charge in [-0.2, -0.15) is 9.97 Å². The van der Waals surface area contributed by atoms with E-state index < -0.39 is 4.92 Å². The Kier molecular flexibility index (Phi) is 5.60. The maximum Gasteiger partial charge on any atom is 0.269 e. The van der Waals surface area contributed by atoms with Crippen LogP contribution in [0.25, 0.3) is 11.2 Å². The minimum atomic E-state index is -0.409. The third-order valence-electron chi connectivity index (χ3n) is 6.59. The van der Waals surface area contributed by atoms with Crippen LogP contribution in [0.15, 0.2) is 30.6 Å². The lowest BCUT2D eigenvalue weighted by Crippen LogP contribution is -2.33. The second kappa shape index (κ2) is 8.70. The van der Waals surface area contributed by atoms with E-state index in [2.05, 4.69) is 20.2 Å². The molecule has 32 heavy (non-hydrogen) atoms. The molecule has 2 fully saturated rings. The molecule has 0 aliphatic heterocycles. The molecule has 1 aromatic carbocycles. The second-order valence-corrected chi connectivity index (χ2v) is 8.84. The summed E-state index contributed by atoms with van der Waals surface area (Å²) in [4.78, 5) is 24.8. The highest BCUT2D eigenvalue weighted by Crippen LogP contribution is 2.34. The molecule has 2 heterocycles. The van der Waals surface area contributed by atoms with Crippen molar-refractivity contribution in [3.8, 4) is 0 Å². The first kappa shape index (κ1) is 20.6. The van der Waals surface area contributed by atoms with Crippen molar-refractivity contribution in [1.29, 1.82) is 0 Å². The fourth-order valence-corrected chi connectivity index (χ4v) is 4.77. The molecule has 2 aromatic heterocycles. The van der Waals surface area contributed by atoms with E-state index in [1.807, 2.05) is 6.33 Å². The van der Waals surface area contributed by atoms with Crippen molar-refractivity contribution in [3.63, 3.8) is 0 Å². The minimum Gasteiger partial charge on any atom is -0.351 e. The summed E-state index contributed by atoms with van der Waals surface area (Å²) < 4.78 is 2.17. The van der Waals surface area contributed by atoms with Crippen molar-refractivity contribution in [3.05, 3.63) is 40.7 Å². The Bertz CT molecular complexity index is 1100. The van der Waals surface area contributed by atoms with E-state index >= 15 is 0 Å². The Balaban J connectivity index is 1.48. The lowest BCUT2D eigenvalue weighted by molar-refractivity contribution is -0.384. The zero-order valence-corrected chi connectivity index (χ0v) is 17.9. The molecular weight excluding hydrogens is 408 g/mol. The molecule has 0 unspecified atom stereocenters. The molecule has 2 saturated carbocycles. The number of rotatable bonds is 6. The zero-order valence-electron chi connectivity index (χ0n) is 17.9. The summed E-state index contributed by atoms with van der Waals surface area (Å²) in [6.07, 6.45) is 10.5. The summed E-state index contributed by atoms with van der Waals surface area (Å²) in [6.45, 7) is 0. The van der Waals surface area contributed by atoms with Crippen LogP contribution in [-0.4, -0.2) is 36.5 Å². The summed E-state index contributed by atoms with van der Waals surface area (Å²) in [6, 6.07) is 7.28. The highest BCUT2D eigenvalue weighted by atomic mass is 16.6. The Hall–Kier alpha value is -3.27. The number of nitro groups is 1. The van der Waals surface area contributed by atoms with Gasteiger partial charge < -0.3 is 20.9 Å².